The molecule has 0 aromatic carbocycles. The molecule has 0 spiro atoms. The lowest BCUT2D eigenvalue weighted by atomic mass is 9.85. The van der Waals surface area contributed by atoms with Crippen molar-refractivity contribution in [3.05, 3.63) is 0 Å². The van der Waals surface area contributed by atoms with Crippen molar-refractivity contribution >= 4 is 0 Å². The molecule has 2 unspecified atom stereocenters. The van der Waals surface area contributed by atoms with E-state index in [1.165, 1.54) is 0 Å². The van der Waals surface area contributed by atoms with Crippen LogP contribution in [0, 0.1) is 17.2 Å². The molecule has 0 saturated carbocycles. The van der Waals surface area contributed by atoms with Gasteiger partial charge in [-0.1, -0.05) is 27.2 Å². The molecule has 0 aromatic rings. The van der Waals surface area contributed by atoms with Crippen LogP contribution in [0.3, 0.4) is 0 Å². The predicted octanol–water partition coefficient (Wildman–Crippen LogP) is 3.09. The van der Waals surface area contributed by atoms with Gasteiger partial charge in [0.1, 0.15) is 5.54 Å². The average Bonchev–Trinajstić information content (AvgIpc) is 2.15. The topological polar surface area (TPSA) is 35.8 Å². The van der Waals surface area contributed by atoms with Crippen LogP contribution < -0.4 is 5.32 Å². The SMILES string of the molecule is CCC(C)CC(C#N)(CC)NC(C)C. The molecular weight excluding hydrogens is 172 g/mol. The normalized spacial score (nSPS) is 17.5. The zero-order valence-electron chi connectivity index (χ0n) is 10.2. The van der Waals surface area contributed by atoms with Crippen LogP contribution in [0.5, 0.6) is 0 Å². The Balaban J connectivity index is 4.46. The molecular formula is C12H24N2. The first kappa shape index (κ1) is 13.4. The Morgan fingerprint density at radius 1 is 1.29 bits per heavy atom. The smallest absolute Gasteiger partial charge is 0.106 e. The second-order valence-corrected chi connectivity index (χ2v) is 4.56. The monoisotopic (exact) mass is 196 g/mol. The van der Waals surface area contributed by atoms with Crippen LogP contribution in [-0.4, -0.2) is 11.6 Å². The molecule has 2 atom stereocenters. The van der Waals surface area contributed by atoms with E-state index < -0.39 is 0 Å². The second-order valence-electron chi connectivity index (χ2n) is 4.56. The molecule has 0 heterocycles. The van der Waals surface area contributed by atoms with Gasteiger partial charge < -0.3 is 0 Å². The van der Waals surface area contributed by atoms with E-state index in [4.69, 9.17) is 0 Å². The molecule has 0 bridgehead atoms. The van der Waals surface area contributed by atoms with Crippen LogP contribution in [-0.2, 0) is 0 Å². The van der Waals surface area contributed by atoms with E-state index in [1.54, 1.807) is 0 Å². The Labute approximate surface area is 88.7 Å². The molecule has 0 aliphatic carbocycles. The molecule has 0 saturated heterocycles. The predicted molar refractivity (Wildman–Crippen MR) is 61.0 cm³/mol. The van der Waals surface area contributed by atoms with Crippen molar-refractivity contribution < 1.29 is 0 Å². The maximum Gasteiger partial charge on any atom is 0.106 e. The summed E-state index contributed by atoms with van der Waals surface area (Å²) in [6, 6.07) is 2.82. The third kappa shape index (κ3) is 4.11. The summed E-state index contributed by atoms with van der Waals surface area (Å²) in [5, 5.41) is 12.7. The molecule has 0 aliphatic heterocycles. The summed E-state index contributed by atoms with van der Waals surface area (Å²) in [5.41, 5.74) is -0.316. The highest BCUT2D eigenvalue weighted by molar-refractivity contribution is 5.07. The number of hydrogen-bond donors (Lipinski definition) is 1. The van der Waals surface area contributed by atoms with Gasteiger partial charge in [0.15, 0.2) is 0 Å². The molecule has 0 rings (SSSR count). The van der Waals surface area contributed by atoms with Gasteiger partial charge in [-0.15, -0.1) is 0 Å². The van der Waals surface area contributed by atoms with E-state index in [2.05, 4.69) is 46.0 Å². The minimum atomic E-state index is -0.316. The summed E-state index contributed by atoms with van der Waals surface area (Å²) in [5.74, 6) is 0.612. The first-order valence-electron chi connectivity index (χ1n) is 5.68. The van der Waals surface area contributed by atoms with Crippen molar-refractivity contribution in [3.8, 4) is 6.07 Å². The molecule has 14 heavy (non-hydrogen) atoms. The van der Waals surface area contributed by atoms with Crippen molar-refractivity contribution in [3.63, 3.8) is 0 Å². The van der Waals surface area contributed by atoms with Crippen molar-refractivity contribution in [2.45, 2.75) is 65.5 Å². The maximum atomic E-state index is 9.26. The summed E-state index contributed by atoms with van der Waals surface area (Å²) in [6.45, 7) is 10.7. The highest BCUT2D eigenvalue weighted by Crippen LogP contribution is 2.22. The molecule has 82 valence electrons. The third-order valence-electron chi connectivity index (χ3n) is 2.78. The van der Waals surface area contributed by atoms with E-state index in [1.807, 2.05) is 0 Å². The number of hydrogen-bond acceptors (Lipinski definition) is 2. The van der Waals surface area contributed by atoms with E-state index >= 15 is 0 Å². The molecule has 0 aromatic heterocycles. The summed E-state index contributed by atoms with van der Waals surface area (Å²) in [4.78, 5) is 0. The molecule has 2 nitrogen and oxygen atoms in total. The van der Waals surface area contributed by atoms with Crippen molar-refractivity contribution in [2.75, 3.05) is 0 Å². The van der Waals surface area contributed by atoms with Gasteiger partial charge in [-0.2, -0.15) is 5.26 Å². The van der Waals surface area contributed by atoms with Gasteiger partial charge in [-0.25, -0.2) is 0 Å². The summed E-state index contributed by atoms with van der Waals surface area (Å²) in [6.07, 6.45) is 2.98. The third-order valence-corrected chi connectivity index (χ3v) is 2.78. The number of rotatable bonds is 6. The van der Waals surface area contributed by atoms with Gasteiger partial charge in [-0.3, -0.25) is 5.32 Å². The highest BCUT2D eigenvalue weighted by Gasteiger charge is 2.29. The molecule has 2 heteroatoms. The lowest BCUT2D eigenvalue weighted by Gasteiger charge is -2.31. The first-order valence-corrected chi connectivity index (χ1v) is 5.68. The van der Waals surface area contributed by atoms with Gasteiger partial charge in [-0.05, 0) is 32.6 Å². The summed E-state index contributed by atoms with van der Waals surface area (Å²) >= 11 is 0. The molecule has 0 radical (unpaired) electrons. The van der Waals surface area contributed by atoms with E-state index in [9.17, 15) is 5.26 Å². The molecule has 0 fully saturated rings. The number of nitriles is 1. The van der Waals surface area contributed by atoms with E-state index in [-0.39, 0.29) is 5.54 Å². The maximum absolute atomic E-state index is 9.26. The van der Waals surface area contributed by atoms with Crippen molar-refractivity contribution in [1.82, 2.24) is 5.32 Å². The quantitative estimate of drug-likeness (QED) is 0.708. The van der Waals surface area contributed by atoms with Crippen LogP contribution in [0.15, 0.2) is 0 Å². The Morgan fingerprint density at radius 2 is 1.86 bits per heavy atom. The Bertz CT molecular complexity index is 193. The van der Waals surface area contributed by atoms with Crippen LogP contribution in [0.2, 0.25) is 0 Å². The summed E-state index contributed by atoms with van der Waals surface area (Å²) < 4.78 is 0. The lowest BCUT2D eigenvalue weighted by Crippen LogP contribution is -2.48. The fourth-order valence-electron chi connectivity index (χ4n) is 1.75. The first-order chi connectivity index (χ1) is 6.49. The van der Waals surface area contributed by atoms with Gasteiger partial charge in [0.2, 0.25) is 0 Å². The molecule has 0 aliphatic rings. The van der Waals surface area contributed by atoms with E-state index in [0.29, 0.717) is 12.0 Å². The van der Waals surface area contributed by atoms with Gasteiger partial charge in [0.25, 0.3) is 0 Å². The number of nitrogens with zero attached hydrogens (tertiary/aromatic N) is 1. The minimum absolute atomic E-state index is 0.316. The Kier molecular flexibility index (Phi) is 5.79. The minimum Gasteiger partial charge on any atom is -0.297 e. The molecule has 1 N–H and O–H groups in total. The second kappa shape index (κ2) is 6.03. The summed E-state index contributed by atoms with van der Waals surface area (Å²) in [7, 11) is 0. The standard InChI is InChI=1S/C12H24N2/c1-6-11(5)8-12(7-2,9-13)14-10(3)4/h10-11,14H,6-8H2,1-5H3. The Hall–Kier alpha value is -0.550. The van der Waals surface area contributed by atoms with Crippen molar-refractivity contribution in [2.24, 2.45) is 5.92 Å². The zero-order chi connectivity index (χ0) is 11.2. The fraction of sp³-hybridized carbons (Fsp3) is 0.917. The number of nitrogens with one attached hydrogen (secondary N) is 1. The largest absolute Gasteiger partial charge is 0.297 e. The van der Waals surface area contributed by atoms with Crippen LogP contribution in [0.25, 0.3) is 0 Å². The van der Waals surface area contributed by atoms with Crippen molar-refractivity contribution in [1.29, 1.82) is 5.26 Å². The van der Waals surface area contributed by atoms with Gasteiger partial charge in [0.05, 0.1) is 6.07 Å². The van der Waals surface area contributed by atoms with Gasteiger partial charge >= 0.3 is 0 Å². The lowest BCUT2D eigenvalue weighted by molar-refractivity contribution is 0.294. The van der Waals surface area contributed by atoms with E-state index in [0.717, 1.165) is 19.3 Å². The van der Waals surface area contributed by atoms with Crippen LogP contribution >= 0.6 is 0 Å². The van der Waals surface area contributed by atoms with Crippen LogP contribution in [0.1, 0.15) is 53.9 Å². The van der Waals surface area contributed by atoms with Crippen LogP contribution in [0.4, 0.5) is 0 Å². The zero-order valence-corrected chi connectivity index (χ0v) is 10.2. The Morgan fingerprint density at radius 3 is 2.14 bits per heavy atom. The fourth-order valence-corrected chi connectivity index (χ4v) is 1.75. The highest BCUT2D eigenvalue weighted by atomic mass is 15.0. The van der Waals surface area contributed by atoms with Gasteiger partial charge in [0, 0.05) is 6.04 Å². The average molecular weight is 196 g/mol. The molecule has 0 amide bonds.